The first-order valence-electron chi connectivity index (χ1n) is 13.3. The lowest BCUT2D eigenvalue weighted by Crippen LogP contribution is -2.37. The number of hydrogen-bond donors (Lipinski definition) is 3. The molecule has 1 saturated heterocycles. The van der Waals surface area contributed by atoms with Gasteiger partial charge in [-0.2, -0.15) is 0 Å². The minimum atomic E-state index is -0.667. The van der Waals surface area contributed by atoms with Crippen LogP contribution in [0.25, 0.3) is 16.8 Å². The second-order valence-electron chi connectivity index (χ2n) is 10.1. The normalized spacial score (nSPS) is 15.5. The van der Waals surface area contributed by atoms with Crippen LogP contribution in [0.15, 0.2) is 79.5 Å². The second kappa shape index (κ2) is 11.5. The molecule has 0 aliphatic carbocycles. The maximum atomic E-state index is 12.7. The van der Waals surface area contributed by atoms with Gasteiger partial charge in [-0.25, -0.2) is 14.6 Å². The highest BCUT2D eigenvalue weighted by Gasteiger charge is 2.32. The number of anilines is 1. The zero-order valence-corrected chi connectivity index (χ0v) is 22.5. The molecule has 40 heavy (non-hydrogen) atoms. The summed E-state index contributed by atoms with van der Waals surface area (Å²) in [5.41, 5.74) is 10.5. The number of nitrogens with one attached hydrogen (secondary N) is 1. The van der Waals surface area contributed by atoms with E-state index in [0.29, 0.717) is 35.0 Å². The van der Waals surface area contributed by atoms with E-state index in [1.807, 2.05) is 31.2 Å². The van der Waals surface area contributed by atoms with Crippen molar-refractivity contribution in [1.29, 1.82) is 0 Å². The number of pyridine rings is 1. The van der Waals surface area contributed by atoms with E-state index < -0.39 is 5.91 Å². The Balaban J connectivity index is 1.41. The second-order valence-corrected chi connectivity index (χ2v) is 10.1. The Labute approximate surface area is 233 Å². The Kier molecular flexibility index (Phi) is 7.75. The molecule has 0 unspecified atom stereocenters. The first-order valence-corrected chi connectivity index (χ1v) is 13.3. The highest BCUT2D eigenvalue weighted by Crippen LogP contribution is 2.34. The number of amides is 2. The average Bonchev–Trinajstić information content (AvgIpc) is 3.32. The van der Waals surface area contributed by atoms with Crippen LogP contribution in [0.5, 0.6) is 0 Å². The van der Waals surface area contributed by atoms with Gasteiger partial charge in [0.05, 0.1) is 6.04 Å². The molecule has 1 fully saturated rings. The first kappa shape index (κ1) is 26.8. The van der Waals surface area contributed by atoms with Crippen LogP contribution in [0.1, 0.15) is 63.1 Å². The number of carbonyl (C=O) groups is 2. The fourth-order valence-electron chi connectivity index (χ4n) is 5.11. The lowest BCUT2D eigenvalue weighted by Gasteiger charge is -2.35. The van der Waals surface area contributed by atoms with E-state index in [4.69, 9.17) is 16.6 Å². The summed E-state index contributed by atoms with van der Waals surface area (Å²) in [4.78, 5) is 36.7. The zero-order valence-electron chi connectivity index (χ0n) is 22.5. The van der Waals surface area contributed by atoms with Gasteiger partial charge in [-0.05, 0) is 61.2 Å². The molecule has 9 heteroatoms. The topological polar surface area (TPSA) is 132 Å². The summed E-state index contributed by atoms with van der Waals surface area (Å²) in [6, 6.07) is 20.5. The summed E-state index contributed by atoms with van der Waals surface area (Å²) in [5.74, 6) is 6.57. The van der Waals surface area contributed by atoms with Gasteiger partial charge in [0.1, 0.15) is 17.3 Å². The average molecular weight is 536 g/mol. The standard InChI is InChI=1S/C31H33N7O2/c1-20-11-16-26(34-18-20)35-31(40)24-14-12-23(13-15-24)27-28(29(32)39)38(33)30(36-27)25-10-6-7-17-37(25)19-21(2)22-8-4-3-5-9-22/h3-5,8-9,11-16,18,25H,2,6-7,10,17,19,33H2,1H3,(H2,32,39)(H,34,35,40)/t25-/m0/s1. The number of rotatable bonds is 8. The molecule has 5 N–H and O–H groups in total. The van der Waals surface area contributed by atoms with Gasteiger partial charge in [0.25, 0.3) is 11.8 Å². The fourth-order valence-corrected chi connectivity index (χ4v) is 5.11. The van der Waals surface area contributed by atoms with Crippen molar-refractivity contribution in [3.05, 3.63) is 108 Å². The van der Waals surface area contributed by atoms with Gasteiger partial charge in [-0.3, -0.25) is 14.5 Å². The van der Waals surface area contributed by atoms with Gasteiger partial charge in [0.2, 0.25) is 0 Å². The first-order chi connectivity index (χ1) is 19.3. The molecule has 0 saturated carbocycles. The van der Waals surface area contributed by atoms with E-state index in [9.17, 15) is 9.59 Å². The van der Waals surface area contributed by atoms with Crippen molar-refractivity contribution >= 4 is 23.2 Å². The molecule has 3 heterocycles. The molecule has 0 spiro atoms. The van der Waals surface area contributed by atoms with E-state index in [-0.39, 0.29) is 17.6 Å². The number of nitrogens with zero attached hydrogens (tertiary/aromatic N) is 4. The molecule has 4 aromatic rings. The fraction of sp³-hybridized carbons (Fsp3) is 0.226. The van der Waals surface area contributed by atoms with Gasteiger partial charge < -0.3 is 16.9 Å². The van der Waals surface area contributed by atoms with Gasteiger partial charge in [0.15, 0.2) is 5.69 Å². The molecule has 5 rings (SSSR count). The Morgan fingerprint density at radius 3 is 2.45 bits per heavy atom. The number of imidazole rings is 1. The Morgan fingerprint density at radius 1 is 1.02 bits per heavy atom. The van der Waals surface area contributed by atoms with Crippen LogP contribution in [0, 0.1) is 6.92 Å². The van der Waals surface area contributed by atoms with Crippen LogP contribution in [-0.4, -0.2) is 44.4 Å². The molecule has 0 bridgehead atoms. The molecular formula is C31H33N7O2. The van der Waals surface area contributed by atoms with Gasteiger partial charge in [-0.1, -0.05) is 61.5 Å². The lowest BCUT2D eigenvalue weighted by molar-refractivity contribution is 0.0990. The monoisotopic (exact) mass is 535 g/mol. The molecule has 204 valence electrons. The third-order valence-corrected chi connectivity index (χ3v) is 7.23. The minimum Gasteiger partial charge on any atom is -0.364 e. The molecular weight excluding hydrogens is 502 g/mol. The third kappa shape index (κ3) is 5.64. The van der Waals surface area contributed by atoms with Crippen molar-refractivity contribution in [2.75, 3.05) is 24.2 Å². The maximum Gasteiger partial charge on any atom is 0.269 e. The Morgan fingerprint density at radius 2 is 1.77 bits per heavy atom. The minimum absolute atomic E-state index is 0.0990. The number of piperidine rings is 1. The Bertz CT molecular complexity index is 1530. The van der Waals surface area contributed by atoms with Crippen molar-refractivity contribution in [2.24, 2.45) is 5.73 Å². The highest BCUT2D eigenvalue weighted by atomic mass is 16.2. The quantitative estimate of drug-likeness (QED) is 0.284. The SMILES string of the molecule is C=C(CN1CCCC[C@H]1c1nc(-c2ccc(C(=O)Nc3ccc(C)cn3)cc2)c(C(N)=O)n1N)c1ccccc1. The van der Waals surface area contributed by atoms with Crippen molar-refractivity contribution < 1.29 is 9.59 Å². The number of nitrogens with two attached hydrogens (primary N) is 2. The van der Waals surface area contributed by atoms with Crippen LogP contribution < -0.4 is 16.9 Å². The van der Waals surface area contributed by atoms with Crippen molar-refractivity contribution in [3.8, 4) is 11.3 Å². The molecule has 2 aromatic heterocycles. The summed E-state index contributed by atoms with van der Waals surface area (Å²) >= 11 is 0. The highest BCUT2D eigenvalue weighted by molar-refractivity contribution is 6.04. The lowest BCUT2D eigenvalue weighted by atomic mass is 9.99. The predicted molar refractivity (Wildman–Crippen MR) is 157 cm³/mol. The van der Waals surface area contributed by atoms with E-state index in [2.05, 4.69) is 33.9 Å². The summed E-state index contributed by atoms with van der Waals surface area (Å²) < 4.78 is 1.33. The van der Waals surface area contributed by atoms with E-state index in [1.54, 1.807) is 36.5 Å². The number of nitrogen functional groups attached to an aromatic ring is 1. The summed E-state index contributed by atoms with van der Waals surface area (Å²) in [6.07, 6.45) is 4.61. The van der Waals surface area contributed by atoms with Gasteiger partial charge in [0, 0.05) is 23.9 Å². The van der Waals surface area contributed by atoms with Crippen LogP contribution >= 0.6 is 0 Å². The maximum absolute atomic E-state index is 12.7. The molecule has 2 aromatic carbocycles. The Hall–Kier alpha value is -4.76. The molecule has 1 atom stereocenters. The molecule has 1 aliphatic rings. The molecule has 9 nitrogen and oxygen atoms in total. The largest absolute Gasteiger partial charge is 0.364 e. The van der Waals surface area contributed by atoms with Crippen molar-refractivity contribution in [1.82, 2.24) is 19.5 Å². The third-order valence-electron chi connectivity index (χ3n) is 7.23. The van der Waals surface area contributed by atoms with Crippen LogP contribution in [0.3, 0.4) is 0 Å². The summed E-state index contributed by atoms with van der Waals surface area (Å²) in [7, 11) is 0. The number of carbonyl (C=O) groups excluding carboxylic acids is 2. The number of benzene rings is 2. The number of likely N-dealkylation sites (tertiary alicyclic amines) is 1. The summed E-state index contributed by atoms with van der Waals surface area (Å²) in [5, 5.41) is 2.79. The van der Waals surface area contributed by atoms with Crippen LogP contribution in [0.4, 0.5) is 5.82 Å². The predicted octanol–water partition coefficient (Wildman–Crippen LogP) is 4.56. The smallest absolute Gasteiger partial charge is 0.269 e. The number of aromatic nitrogens is 3. The summed E-state index contributed by atoms with van der Waals surface area (Å²) in [6.45, 7) is 7.76. The number of aryl methyl sites for hydroxylation is 1. The van der Waals surface area contributed by atoms with Gasteiger partial charge >= 0.3 is 0 Å². The van der Waals surface area contributed by atoms with E-state index in [0.717, 1.165) is 42.5 Å². The van der Waals surface area contributed by atoms with Crippen LogP contribution in [-0.2, 0) is 0 Å². The van der Waals surface area contributed by atoms with Crippen molar-refractivity contribution in [2.45, 2.75) is 32.2 Å². The molecule has 2 amide bonds. The van der Waals surface area contributed by atoms with Crippen molar-refractivity contribution in [3.63, 3.8) is 0 Å². The van der Waals surface area contributed by atoms with Crippen LogP contribution in [0.2, 0.25) is 0 Å². The van der Waals surface area contributed by atoms with Gasteiger partial charge in [-0.15, -0.1) is 0 Å². The number of primary amides is 1. The van der Waals surface area contributed by atoms with E-state index >= 15 is 0 Å². The molecule has 1 aliphatic heterocycles. The number of hydrogen-bond acceptors (Lipinski definition) is 6. The van der Waals surface area contributed by atoms with E-state index in [1.165, 1.54) is 4.68 Å². The zero-order chi connectivity index (χ0) is 28.2. The molecule has 0 radical (unpaired) electrons.